The maximum absolute atomic E-state index is 5.94. The molecule has 4 rings (SSSR count). The van der Waals surface area contributed by atoms with Gasteiger partial charge in [0.1, 0.15) is 0 Å². The average molecular weight is 352 g/mol. The summed E-state index contributed by atoms with van der Waals surface area (Å²) in [6, 6.07) is 20.5. The minimum atomic E-state index is 0.768. The van der Waals surface area contributed by atoms with Crippen LogP contribution in [0.4, 0.5) is 0 Å². The first kappa shape index (κ1) is 16.8. The number of benzene rings is 2. The number of hydrogen-bond acceptors (Lipinski definition) is 3. The summed E-state index contributed by atoms with van der Waals surface area (Å²) in [5.74, 6) is 0. The zero-order chi connectivity index (χ0) is 16.9. The molecule has 1 heterocycles. The molecule has 0 spiro atoms. The van der Waals surface area contributed by atoms with Crippen LogP contribution >= 0.6 is 11.3 Å². The standard InChI is InChI=1S/C22H25NOS/c1-2-4-19(5-3-1)17-23(21-7-8-21)12-14-24-13-10-18-6-9-22-20(16-18)11-15-25-22/h1-6,9,11,15-16,21H,7-8,10,12-14,17H2. The van der Waals surface area contributed by atoms with E-state index in [9.17, 15) is 0 Å². The van der Waals surface area contributed by atoms with Crippen molar-refractivity contribution in [3.63, 3.8) is 0 Å². The van der Waals surface area contributed by atoms with Crippen LogP contribution in [-0.4, -0.2) is 30.7 Å². The Balaban J connectivity index is 1.21. The molecule has 1 saturated carbocycles. The summed E-state index contributed by atoms with van der Waals surface area (Å²) < 4.78 is 7.30. The molecular weight excluding hydrogens is 326 g/mol. The van der Waals surface area contributed by atoms with Gasteiger partial charge in [0.25, 0.3) is 0 Å². The number of hydrogen-bond donors (Lipinski definition) is 0. The SMILES string of the molecule is c1ccc(CN(CCOCCc2ccc3sccc3c2)C2CC2)cc1. The van der Waals surface area contributed by atoms with Gasteiger partial charge in [-0.25, -0.2) is 0 Å². The Hall–Kier alpha value is -1.68. The van der Waals surface area contributed by atoms with E-state index in [1.165, 1.54) is 34.1 Å². The van der Waals surface area contributed by atoms with Crippen molar-refractivity contribution in [1.29, 1.82) is 0 Å². The second kappa shape index (κ2) is 8.13. The van der Waals surface area contributed by atoms with Crippen LogP contribution in [0.3, 0.4) is 0 Å². The Morgan fingerprint density at radius 1 is 0.960 bits per heavy atom. The van der Waals surface area contributed by atoms with E-state index < -0.39 is 0 Å². The van der Waals surface area contributed by atoms with Crippen molar-refractivity contribution in [2.24, 2.45) is 0 Å². The Morgan fingerprint density at radius 2 is 1.84 bits per heavy atom. The van der Waals surface area contributed by atoms with Crippen LogP contribution in [0.2, 0.25) is 0 Å². The van der Waals surface area contributed by atoms with Crippen LogP contribution in [0.5, 0.6) is 0 Å². The van der Waals surface area contributed by atoms with Crippen LogP contribution in [-0.2, 0) is 17.7 Å². The van der Waals surface area contributed by atoms with E-state index in [0.29, 0.717) is 0 Å². The number of ether oxygens (including phenoxy) is 1. The molecule has 1 aliphatic carbocycles. The fourth-order valence-electron chi connectivity index (χ4n) is 3.29. The van der Waals surface area contributed by atoms with E-state index in [1.807, 2.05) is 0 Å². The van der Waals surface area contributed by atoms with Crippen LogP contribution < -0.4 is 0 Å². The van der Waals surface area contributed by atoms with Gasteiger partial charge in [0.2, 0.25) is 0 Å². The summed E-state index contributed by atoms with van der Waals surface area (Å²) in [6.07, 6.45) is 3.68. The smallest absolute Gasteiger partial charge is 0.0593 e. The Labute approximate surface area is 154 Å². The van der Waals surface area contributed by atoms with Gasteiger partial charge in [-0.1, -0.05) is 42.5 Å². The van der Waals surface area contributed by atoms with Crippen LogP contribution in [0.25, 0.3) is 10.1 Å². The highest BCUT2D eigenvalue weighted by Gasteiger charge is 2.28. The van der Waals surface area contributed by atoms with Gasteiger partial charge in [-0.05, 0) is 53.3 Å². The molecule has 0 unspecified atom stereocenters. The third kappa shape index (κ3) is 4.69. The van der Waals surface area contributed by atoms with Crippen molar-refractivity contribution in [2.45, 2.75) is 31.8 Å². The highest BCUT2D eigenvalue weighted by atomic mass is 32.1. The molecular formula is C22H25NOS. The Morgan fingerprint density at radius 3 is 2.68 bits per heavy atom. The molecule has 0 saturated heterocycles. The molecule has 0 radical (unpaired) electrons. The van der Waals surface area contributed by atoms with Gasteiger partial charge in [-0.15, -0.1) is 11.3 Å². The maximum atomic E-state index is 5.94. The first-order valence-electron chi connectivity index (χ1n) is 9.20. The topological polar surface area (TPSA) is 12.5 Å². The highest BCUT2D eigenvalue weighted by Crippen LogP contribution is 2.28. The van der Waals surface area contributed by atoms with Gasteiger partial charge in [0, 0.05) is 23.8 Å². The van der Waals surface area contributed by atoms with Crippen molar-refractivity contribution < 1.29 is 4.74 Å². The second-order valence-corrected chi connectivity index (χ2v) is 7.79. The first-order chi connectivity index (χ1) is 12.4. The number of thiophene rings is 1. The van der Waals surface area contributed by atoms with E-state index in [4.69, 9.17) is 4.74 Å². The summed E-state index contributed by atoms with van der Waals surface area (Å²) in [7, 11) is 0. The lowest BCUT2D eigenvalue weighted by Crippen LogP contribution is -2.29. The van der Waals surface area contributed by atoms with Gasteiger partial charge >= 0.3 is 0 Å². The molecule has 0 bridgehead atoms. The molecule has 0 N–H and O–H groups in total. The summed E-state index contributed by atoms with van der Waals surface area (Å²) in [5, 5.41) is 3.51. The zero-order valence-electron chi connectivity index (χ0n) is 14.6. The predicted octanol–water partition coefficient (Wildman–Crippen LogP) is 5.13. The lowest BCUT2D eigenvalue weighted by molar-refractivity contribution is 0.100. The monoisotopic (exact) mass is 351 g/mol. The molecule has 3 aromatic rings. The molecule has 3 heteroatoms. The van der Waals surface area contributed by atoms with Crippen LogP contribution in [0, 0.1) is 0 Å². The maximum Gasteiger partial charge on any atom is 0.0593 e. The van der Waals surface area contributed by atoms with Crippen molar-refractivity contribution >= 4 is 21.4 Å². The van der Waals surface area contributed by atoms with Gasteiger partial charge in [-0.2, -0.15) is 0 Å². The first-order valence-corrected chi connectivity index (χ1v) is 10.1. The number of nitrogens with zero attached hydrogens (tertiary/aromatic N) is 1. The normalized spacial score (nSPS) is 14.4. The summed E-state index contributed by atoms with van der Waals surface area (Å²) in [4.78, 5) is 2.58. The number of fused-ring (bicyclic) bond motifs is 1. The number of rotatable bonds is 9. The lowest BCUT2D eigenvalue weighted by atomic mass is 10.1. The summed E-state index contributed by atoms with van der Waals surface area (Å²) >= 11 is 1.80. The third-order valence-electron chi connectivity index (χ3n) is 4.87. The van der Waals surface area contributed by atoms with Crippen LogP contribution in [0.15, 0.2) is 60.0 Å². The second-order valence-electron chi connectivity index (χ2n) is 6.84. The van der Waals surface area contributed by atoms with Crippen molar-refractivity contribution in [1.82, 2.24) is 4.90 Å². The van der Waals surface area contributed by atoms with Crippen LogP contribution in [0.1, 0.15) is 24.0 Å². The fourth-order valence-corrected chi connectivity index (χ4v) is 4.06. The predicted molar refractivity (Wildman–Crippen MR) is 106 cm³/mol. The Kier molecular flexibility index (Phi) is 5.46. The average Bonchev–Trinajstić information content (AvgIpc) is 3.39. The zero-order valence-corrected chi connectivity index (χ0v) is 15.4. The largest absolute Gasteiger partial charge is 0.380 e. The van der Waals surface area contributed by atoms with Crippen molar-refractivity contribution in [2.75, 3.05) is 19.8 Å². The van der Waals surface area contributed by atoms with Gasteiger partial charge in [0.15, 0.2) is 0 Å². The molecule has 0 aliphatic heterocycles. The van der Waals surface area contributed by atoms with Crippen molar-refractivity contribution in [3.8, 4) is 0 Å². The van der Waals surface area contributed by atoms with E-state index in [1.54, 1.807) is 11.3 Å². The molecule has 1 fully saturated rings. The molecule has 0 atom stereocenters. The summed E-state index contributed by atoms with van der Waals surface area (Å²) in [6.45, 7) is 3.70. The summed E-state index contributed by atoms with van der Waals surface area (Å²) in [5.41, 5.74) is 2.77. The lowest BCUT2D eigenvalue weighted by Gasteiger charge is -2.22. The molecule has 1 aromatic heterocycles. The van der Waals surface area contributed by atoms with Gasteiger partial charge in [-0.3, -0.25) is 4.90 Å². The van der Waals surface area contributed by atoms with Gasteiger partial charge in [0.05, 0.1) is 13.2 Å². The fraction of sp³-hybridized carbons (Fsp3) is 0.364. The molecule has 25 heavy (non-hydrogen) atoms. The molecule has 2 aromatic carbocycles. The van der Waals surface area contributed by atoms with Gasteiger partial charge < -0.3 is 4.74 Å². The van der Waals surface area contributed by atoms with E-state index in [-0.39, 0.29) is 0 Å². The third-order valence-corrected chi connectivity index (χ3v) is 5.76. The van der Waals surface area contributed by atoms with E-state index in [2.05, 4.69) is 64.9 Å². The highest BCUT2D eigenvalue weighted by molar-refractivity contribution is 7.17. The minimum absolute atomic E-state index is 0.768. The minimum Gasteiger partial charge on any atom is -0.380 e. The Bertz CT molecular complexity index is 794. The molecule has 2 nitrogen and oxygen atoms in total. The molecule has 130 valence electrons. The van der Waals surface area contributed by atoms with E-state index >= 15 is 0 Å². The van der Waals surface area contributed by atoms with E-state index in [0.717, 1.165) is 38.8 Å². The molecule has 1 aliphatic rings. The quantitative estimate of drug-likeness (QED) is 0.496. The molecule has 0 amide bonds. The van der Waals surface area contributed by atoms with Crippen molar-refractivity contribution in [3.05, 3.63) is 71.1 Å².